The highest BCUT2D eigenvalue weighted by molar-refractivity contribution is 6.08. The van der Waals surface area contributed by atoms with Crippen molar-refractivity contribution in [2.24, 2.45) is 0 Å². The number of nitrogens with one attached hydrogen (secondary N) is 2. The van der Waals surface area contributed by atoms with Gasteiger partial charge in [-0.15, -0.1) is 0 Å². The van der Waals surface area contributed by atoms with Crippen LogP contribution in [0.25, 0.3) is 0 Å². The second-order valence-electron chi connectivity index (χ2n) is 7.76. The highest BCUT2D eigenvalue weighted by atomic mass is 16.5. The normalized spacial score (nSPS) is 12.8. The lowest BCUT2D eigenvalue weighted by Gasteiger charge is -2.26. The first-order valence-corrected chi connectivity index (χ1v) is 10.6. The summed E-state index contributed by atoms with van der Waals surface area (Å²) in [5.41, 5.74) is 1.94. The monoisotopic (exact) mass is 469 g/mol. The fourth-order valence-electron chi connectivity index (χ4n) is 3.56. The van der Waals surface area contributed by atoms with E-state index in [1.807, 2.05) is 0 Å². The molecular formula is C22H35N3O8. The lowest BCUT2D eigenvalue weighted by Crippen LogP contribution is -2.38. The quantitative estimate of drug-likeness (QED) is 0.226. The fourth-order valence-corrected chi connectivity index (χ4v) is 3.56. The Hall–Kier alpha value is -2.57. The molecule has 2 unspecified atom stereocenters. The van der Waals surface area contributed by atoms with E-state index < -0.39 is 43.1 Å². The molecule has 3 amide bonds. The molecule has 0 aliphatic heterocycles. The average Bonchev–Trinajstić information content (AvgIpc) is 2.78. The number of aliphatic hydroxyl groups is 4. The maximum absolute atomic E-state index is 13.3. The van der Waals surface area contributed by atoms with Crippen LogP contribution in [0.2, 0.25) is 0 Å². The number of nitrogens with zero attached hydrogens (tertiary/aromatic N) is 1. The smallest absolute Gasteiger partial charge is 0.254 e. The van der Waals surface area contributed by atoms with Gasteiger partial charge in [-0.05, 0) is 37.0 Å². The molecule has 2 atom stereocenters. The van der Waals surface area contributed by atoms with E-state index in [0.29, 0.717) is 23.1 Å². The van der Waals surface area contributed by atoms with Crippen LogP contribution in [0.4, 0.5) is 5.69 Å². The van der Waals surface area contributed by atoms with Crippen molar-refractivity contribution >= 4 is 23.4 Å². The van der Waals surface area contributed by atoms with E-state index >= 15 is 0 Å². The van der Waals surface area contributed by atoms with E-state index in [0.717, 1.165) is 0 Å². The zero-order valence-corrected chi connectivity index (χ0v) is 19.8. The van der Waals surface area contributed by atoms with Gasteiger partial charge in [-0.2, -0.15) is 0 Å². The number of methoxy groups -OCH3 is 1. The highest BCUT2D eigenvalue weighted by Crippen LogP contribution is 2.33. The lowest BCUT2D eigenvalue weighted by molar-refractivity contribution is -0.119. The van der Waals surface area contributed by atoms with Gasteiger partial charge < -0.3 is 40.7 Å². The van der Waals surface area contributed by atoms with Crippen molar-refractivity contribution in [1.29, 1.82) is 0 Å². The molecule has 11 heteroatoms. The van der Waals surface area contributed by atoms with Gasteiger partial charge in [0.1, 0.15) is 6.61 Å². The van der Waals surface area contributed by atoms with Gasteiger partial charge in [0, 0.05) is 44.1 Å². The number of hydrogen-bond donors (Lipinski definition) is 6. The Morgan fingerprint density at radius 3 is 2.12 bits per heavy atom. The van der Waals surface area contributed by atoms with Crippen LogP contribution in [0.3, 0.4) is 0 Å². The summed E-state index contributed by atoms with van der Waals surface area (Å²) in [6.45, 7) is 3.43. The molecule has 0 heterocycles. The Morgan fingerprint density at radius 1 is 1.03 bits per heavy atom. The molecule has 1 aromatic carbocycles. The number of ether oxygens (including phenoxy) is 1. The van der Waals surface area contributed by atoms with Crippen molar-refractivity contribution in [3.63, 3.8) is 0 Å². The van der Waals surface area contributed by atoms with Gasteiger partial charge >= 0.3 is 0 Å². The number of aliphatic hydroxyl groups excluding tert-OH is 4. The zero-order chi connectivity index (χ0) is 25.3. The summed E-state index contributed by atoms with van der Waals surface area (Å²) in [5, 5.41) is 42.8. The van der Waals surface area contributed by atoms with E-state index in [-0.39, 0.29) is 36.5 Å². The Bertz CT molecular complexity index is 859. The molecule has 0 radical (unpaired) electrons. The maximum Gasteiger partial charge on any atom is 0.254 e. The number of amides is 3. The summed E-state index contributed by atoms with van der Waals surface area (Å²) >= 11 is 0. The molecule has 0 spiro atoms. The number of hydrogen-bond acceptors (Lipinski definition) is 8. The number of carbonyl (C=O) groups excluding carboxylic acids is 3. The molecule has 0 aliphatic rings. The molecule has 33 heavy (non-hydrogen) atoms. The predicted molar refractivity (Wildman–Crippen MR) is 121 cm³/mol. The molecule has 1 rings (SSSR count). The molecule has 0 aliphatic carbocycles. The van der Waals surface area contributed by atoms with Crippen LogP contribution in [0, 0.1) is 13.8 Å². The van der Waals surface area contributed by atoms with Crippen molar-refractivity contribution in [3.8, 4) is 0 Å². The first kappa shape index (κ1) is 28.5. The molecule has 0 bridgehead atoms. The first-order chi connectivity index (χ1) is 15.5. The Kier molecular flexibility index (Phi) is 11.4. The third-order valence-corrected chi connectivity index (χ3v) is 5.19. The van der Waals surface area contributed by atoms with Crippen molar-refractivity contribution < 1.29 is 39.5 Å². The van der Waals surface area contributed by atoms with Gasteiger partial charge in [0.2, 0.25) is 5.91 Å². The second-order valence-corrected chi connectivity index (χ2v) is 7.76. The average molecular weight is 470 g/mol. The van der Waals surface area contributed by atoms with Gasteiger partial charge in [-0.25, -0.2) is 0 Å². The largest absolute Gasteiger partial charge is 0.394 e. The summed E-state index contributed by atoms with van der Waals surface area (Å²) in [5.74, 6) is -1.55. The van der Waals surface area contributed by atoms with Crippen molar-refractivity contribution in [1.82, 2.24) is 10.2 Å². The highest BCUT2D eigenvalue weighted by Gasteiger charge is 2.29. The number of carbonyl (C=O) groups is 3. The van der Waals surface area contributed by atoms with Gasteiger partial charge in [-0.1, -0.05) is 6.92 Å². The SMILES string of the molecule is CCc1c(C(=O)NCC(O)CO)c(C)c(NC(=O)COC)c(C)c1C(=O)N(C)CC(O)CO. The number of benzene rings is 1. The molecule has 0 saturated heterocycles. The summed E-state index contributed by atoms with van der Waals surface area (Å²) in [4.78, 5) is 39.9. The third kappa shape index (κ3) is 7.21. The van der Waals surface area contributed by atoms with E-state index in [2.05, 4.69) is 10.6 Å². The summed E-state index contributed by atoms with van der Waals surface area (Å²) in [6.07, 6.45) is -1.99. The molecule has 0 fully saturated rings. The summed E-state index contributed by atoms with van der Waals surface area (Å²) < 4.78 is 4.86. The minimum atomic E-state index is -1.15. The predicted octanol–water partition coefficient (Wildman–Crippen LogP) is -1.04. The van der Waals surface area contributed by atoms with Gasteiger partial charge in [0.05, 0.1) is 25.4 Å². The standard InChI is InChI=1S/C22H35N3O8/c1-6-16-18(21(31)23-7-14(28)9-26)12(2)20(24-17(30)11-33-5)13(3)19(16)22(32)25(4)8-15(29)10-27/h14-15,26-29H,6-11H2,1-5H3,(H,23,31)(H,24,30). The minimum Gasteiger partial charge on any atom is -0.394 e. The lowest BCUT2D eigenvalue weighted by atomic mass is 9.87. The van der Waals surface area contributed by atoms with Gasteiger partial charge in [-0.3, -0.25) is 14.4 Å². The number of rotatable bonds is 12. The van der Waals surface area contributed by atoms with Gasteiger partial charge in [0.25, 0.3) is 11.8 Å². The fraction of sp³-hybridized carbons (Fsp3) is 0.591. The molecule has 11 nitrogen and oxygen atoms in total. The molecule has 186 valence electrons. The van der Waals surface area contributed by atoms with Crippen LogP contribution in [-0.4, -0.2) is 102 Å². The maximum atomic E-state index is 13.3. The number of likely N-dealkylation sites (N-methyl/N-ethyl adjacent to an activating group) is 1. The minimum absolute atomic E-state index is 0.138. The molecule has 6 N–H and O–H groups in total. The van der Waals surface area contributed by atoms with Crippen molar-refractivity contribution in [3.05, 3.63) is 27.8 Å². The van der Waals surface area contributed by atoms with Crippen LogP contribution in [0.5, 0.6) is 0 Å². The van der Waals surface area contributed by atoms with Crippen LogP contribution >= 0.6 is 0 Å². The first-order valence-electron chi connectivity index (χ1n) is 10.6. The van der Waals surface area contributed by atoms with E-state index in [1.54, 1.807) is 20.8 Å². The number of anilines is 1. The van der Waals surface area contributed by atoms with E-state index in [1.165, 1.54) is 19.1 Å². The molecule has 0 saturated carbocycles. The van der Waals surface area contributed by atoms with Crippen LogP contribution < -0.4 is 10.6 Å². The van der Waals surface area contributed by atoms with E-state index in [4.69, 9.17) is 14.9 Å². The third-order valence-electron chi connectivity index (χ3n) is 5.19. The topological polar surface area (TPSA) is 169 Å². The van der Waals surface area contributed by atoms with Crippen molar-refractivity contribution in [2.45, 2.75) is 39.4 Å². The Balaban J connectivity index is 3.68. The van der Waals surface area contributed by atoms with Crippen LogP contribution in [-0.2, 0) is 16.0 Å². The van der Waals surface area contributed by atoms with Crippen molar-refractivity contribution in [2.75, 3.05) is 52.4 Å². The van der Waals surface area contributed by atoms with Crippen LogP contribution in [0.15, 0.2) is 0 Å². The summed E-state index contributed by atoms with van der Waals surface area (Å²) in [6, 6.07) is 0. The van der Waals surface area contributed by atoms with Crippen LogP contribution in [0.1, 0.15) is 44.3 Å². The van der Waals surface area contributed by atoms with Gasteiger partial charge in [0.15, 0.2) is 0 Å². The molecule has 1 aromatic rings. The molecular weight excluding hydrogens is 434 g/mol. The molecule has 0 aromatic heterocycles. The summed E-state index contributed by atoms with van der Waals surface area (Å²) in [7, 11) is 2.82. The Labute approximate surface area is 193 Å². The van der Waals surface area contributed by atoms with E-state index in [9.17, 15) is 24.6 Å². The Morgan fingerprint density at radius 2 is 1.61 bits per heavy atom. The second kappa shape index (κ2) is 13.2. The zero-order valence-electron chi connectivity index (χ0n) is 19.8.